The Morgan fingerprint density at radius 3 is 2.57 bits per heavy atom. The van der Waals surface area contributed by atoms with Gasteiger partial charge < -0.3 is 15.8 Å². The first kappa shape index (κ1) is 19.5. The molecule has 1 atom stereocenters. The lowest BCUT2D eigenvalue weighted by atomic mass is 10.1. The third-order valence-electron chi connectivity index (χ3n) is 3.27. The molecule has 3 N–H and O–H groups in total. The molecule has 0 aliphatic heterocycles. The standard InChI is InChI=1S/C17H19BrN2O2.ClH/c1-12(14-3-2-4-15(18)9-14)20-10-13-5-7-16(8-6-13)22-11-17(19)21;/h2-9,12,20H,10-11H2,1H3,(H2,19,21);1H. The largest absolute Gasteiger partial charge is 0.484 e. The van der Waals surface area contributed by atoms with Crippen molar-refractivity contribution in [3.8, 4) is 5.75 Å². The molecule has 0 saturated heterocycles. The summed E-state index contributed by atoms with van der Waals surface area (Å²) in [6.07, 6.45) is 0. The van der Waals surface area contributed by atoms with Gasteiger partial charge in [-0.25, -0.2) is 0 Å². The first-order valence-electron chi connectivity index (χ1n) is 7.03. The van der Waals surface area contributed by atoms with Gasteiger partial charge in [0.25, 0.3) is 5.91 Å². The van der Waals surface area contributed by atoms with Crippen LogP contribution in [0.3, 0.4) is 0 Å². The zero-order valence-corrected chi connectivity index (χ0v) is 15.2. The highest BCUT2D eigenvalue weighted by atomic mass is 79.9. The number of nitrogens with two attached hydrogens (primary N) is 1. The molecule has 6 heteroatoms. The van der Waals surface area contributed by atoms with Crippen molar-refractivity contribution in [3.05, 3.63) is 64.1 Å². The molecule has 0 heterocycles. The summed E-state index contributed by atoms with van der Waals surface area (Å²) in [5.74, 6) is 0.163. The minimum absolute atomic E-state index is 0. The molecule has 1 unspecified atom stereocenters. The van der Waals surface area contributed by atoms with Crippen molar-refractivity contribution in [2.45, 2.75) is 19.5 Å². The van der Waals surface area contributed by atoms with Gasteiger partial charge in [0.1, 0.15) is 5.75 Å². The summed E-state index contributed by atoms with van der Waals surface area (Å²) < 4.78 is 6.31. The molecule has 124 valence electrons. The first-order chi connectivity index (χ1) is 10.5. The average Bonchev–Trinajstić information content (AvgIpc) is 2.51. The molecule has 1 amide bonds. The van der Waals surface area contributed by atoms with Crippen LogP contribution in [0.15, 0.2) is 53.0 Å². The van der Waals surface area contributed by atoms with Crippen LogP contribution in [0.25, 0.3) is 0 Å². The van der Waals surface area contributed by atoms with E-state index in [0.29, 0.717) is 5.75 Å². The maximum atomic E-state index is 10.7. The molecular weight excluding hydrogens is 380 g/mol. The van der Waals surface area contributed by atoms with Gasteiger partial charge in [0.15, 0.2) is 6.61 Å². The SMILES string of the molecule is CC(NCc1ccc(OCC(N)=O)cc1)c1cccc(Br)c1.Cl. The van der Waals surface area contributed by atoms with Crippen LogP contribution in [-0.2, 0) is 11.3 Å². The van der Waals surface area contributed by atoms with Crippen LogP contribution >= 0.6 is 28.3 Å². The van der Waals surface area contributed by atoms with E-state index in [1.54, 1.807) is 0 Å². The molecule has 0 spiro atoms. The molecule has 0 fully saturated rings. The zero-order valence-electron chi connectivity index (χ0n) is 12.8. The van der Waals surface area contributed by atoms with Crippen molar-refractivity contribution in [2.75, 3.05) is 6.61 Å². The lowest BCUT2D eigenvalue weighted by molar-refractivity contribution is -0.119. The average molecular weight is 400 g/mol. The van der Waals surface area contributed by atoms with Gasteiger partial charge in [0.05, 0.1) is 0 Å². The summed E-state index contributed by atoms with van der Waals surface area (Å²) in [6, 6.07) is 16.1. The Morgan fingerprint density at radius 2 is 1.96 bits per heavy atom. The maximum Gasteiger partial charge on any atom is 0.255 e. The Balaban J connectivity index is 0.00000264. The lowest BCUT2D eigenvalue weighted by Gasteiger charge is -2.15. The predicted octanol–water partition coefficient (Wildman–Crippen LogP) is 3.59. The summed E-state index contributed by atoms with van der Waals surface area (Å²) in [4.78, 5) is 10.7. The molecule has 0 bridgehead atoms. The Kier molecular flexibility index (Phi) is 8.09. The molecule has 0 aliphatic carbocycles. The minimum atomic E-state index is -0.478. The van der Waals surface area contributed by atoms with E-state index < -0.39 is 5.91 Å². The van der Waals surface area contributed by atoms with E-state index >= 15 is 0 Å². The van der Waals surface area contributed by atoms with Gasteiger partial charge in [-0.2, -0.15) is 0 Å². The maximum absolute atomic E-state index is 10.7. The molecule has 2 aromatic carbocycles. The van der Waals surface area contributed by atoms with Gasteiger partial charge in [-0.1, -0.05) is 40.2 Å². The number of amides is 1. The van der Waals surface area contributed by atoms with Crippen molar-refractivity contribution in [1.29, 1.82) is 0 Å². The molecule has 23 heavy (non-hydrogen) atoms. The second-order valence-electron chi connectivity index (χ2n) is 5.06. The summed E-state index contributed by atoms with van der Waals surface area (Å²) in [6.45, 7) is 2.79. The Morgan fingerprint density at radius 1 is 1.26 bits per heavy atom. The monoisotopic (exact) mass is 398 g/mol. The molecule has 0 aromatic heterocycles. The Hall–Kier alpha value is -1.56. The van der Waals surface area contributed by atoms with E-state index in [1.165, 1.54) is 5.56 Å². The minimum Gasteiger partial charge on any atom is -0.484 e. The van der Waals surface area contributed by atoms with Crippen LogP contribution in [0, 0.1) is 0 Å². The summed E-state index contributed by atoms with van der Waals surface area (Å²) >= 11 is 3.48. The fraction of sp³-hybridized carbons (Fsp3) is 0.235. The quantitative estimate of drug-likeness (QED) is 0.748. The van der Waals surface area contributed by atoms with Gasteiger partial charge in [0, 0.05) is 17.1 Å². The number of primary amides is 1. The number of hydrogen-bond donors (Lipinski definition) is 2. The summed E-state index contributed by atoms with van der Waals surface area (Å²) in [5, 5.41) is 3.48. The van der Waals surface area contributed by atoms with Crippen LogP contribution in [-0.4, -0.2) is 12.5 Å². The van der Waals surface area contributed by atoms with Gasteiger partial charge in [-0.05, 0) is 42.3 Å². The van der Waals surface area contributed by atoms with Gasteiger partial charge in [-0.3, -0.25) is 4.79 Å². The second-order valence-corrected chi connectivity index (χ2v) is 5.97. The summed E-state index contributed by atoms with van der Waals surface area (Å²) in [7, 11) is 0. The molecule has 2 aromatic rings. The normalized spacial score (nSPS) is 11.4. The number of carbonyl (C=O) groups is 1. The lowest BCUT2D eigenvalue weighted by Crippen LogP contribution is -2.20. The molecule has 0 aliphatic rings. The Bertz CT molecular complexity index is 635. The topological polar surface area (TPSA) is 64.3 Å². The van der Waals surface area contributed by atoms with Gasteiger partial charge >= 0.3 is 0 Å². The highest BCUT2D eigenvalue weighted by molar-refractivity contribution is 9.10. The van der Waals surface area contributed by atoms with Gasteiger partial charge in [-0.15, -0.1) is 12.4 Å². The molecular formula is C17H20BrClN2O2. The molecule has 0 radical (unpaired) electrons. The number of carbonyl (C=O) groups excluding carboxylic acids is 1. The second kappa shape index (κ2) is 9.55. The van der Waals surface area contributed by atoms with Crippen LogP contribution in [0.1, 0.15) is 24.1 Å². The van der Waals surface area contributed by atoms with E-state index in [2.05, 4.69) is 40.3 Å². The molecule has 4 nitrogen and oxygen atoms in total. The van der Waals surface area contributed by atoms with E-state index in [-0.39, 0.29) is 25.1 Å². The van der Waals surface area contributed by atoms with Crippen LogP contribution in [0.4, 0.5) is 0 Å². The van der Waals surface area contributed by atoms with E-state index in [9.17, 15) is 4.79 Å². The molecule has 2 rings (SSSR count). The van der Waals surface area contributed by atoms with Crippen molar-refractivity contribution in [2.24, 2.45) is 5.73 Å². The highest BCUT2D eigenvalue weighted by Gasteiger charge is 2.05. The first-order valence-corrected chi connectivity index (χ1v) is 7.83. The smallest absolute Gasteiger partial charge is 0.255 e. The zero-order chi connectivity index (χ0) is 15.9. The van der Waals surface area contributed by atoms with E-state index in [4.69, 9.17) is 10.5 Å². The van der Waals surface area contributed by atoms with Crippen LogP contribution in [0.2, 0.25) is 0 Å². The third kappa shape index (κ3) is 6.60. The van der Waals surface area contributed by atoms with Crippen molar-refractivity contribution >= 4 is 34.2 Å². The third-order valence-corrected chi connectivity index (χ3v) is 3.76. The number of ether oxygens (including phenoxy) is 1. The number of benzene rings is 2. The van der Waals surface area contributed by atoms with Crippen LogP contribution < -0.4 is 15.8 Å². The van der Waals surface area contributed by atoms with E-state index in [1.807, 2.05) is 36.4 Å². The van der Waals surface area contributed by atoms with Crippen molar-refractivity contribution < 1.29 is 9.53 Å². The Labute approximate surface area is 150 Å². The predicted molar refractivity (Wildman–Crippen MR) is 97.8 cm³/mol. The fourth-order valence-corrected chi connectivity index (χ4v) is 2.44. The number of rotatable bonds is 7. The number of halogens is 2. The molecule has 0 saturated carbocycles. The highest BCUT2D eigenvalue weighted by Crippen LogP contribution is 2.18. The van der Waals surface area contributed by atoms with E-state index in [0.717, 1.165) is 16.6 Å². The van der Waals surface area contributed by atoms with Crippen molar-refractivity contribution in [1.82, 2.24) is 5.32 Å². The van der Waals surface area contributed by atoms with Gasteiger partial charge in [0.2, 0.25) is 0 Å². The number of nitrogens with one attached hydrogen (secondary N) is 1. The fourth-order valence-electron chi connectivity index (χ4n) is 2.02. The summed E-state index contributed by atoms with van der Waals surface area (Å²) in [5.41, 5.74) is 7.42. The van der Waals surface area contributed by atoms with Crippen LogP contribution in [0.5, 0.6) is 5.75 Å². The van der Waals surface area contributed by atoms with Crippen molar-refractivity contribution in [3.63, 3.8) is 0 Å². The number of hydrogen-bond acceptors (Lipinski definition) is 3.